The summed E-state index contributed by atoms with van der Waals surface area (Å²) < 4.78 is 0.683. The van der Waals surface area contributed by atoms with Crippen molar-refractivity contribution in [1.29, 1.82) is 0 Å². The van der Waals surface area contributed by atoms with E-state index < -0.39 is 6.10 Å². The number of fused-ring (bicyclic) bond motifs is 1. The summed E-state index contributed by atoms with van der Waals surface area (Å²) in [6.45, 7) is 0. The number of aliphatic hydroxyl groups is 1. The first kappa shape index (κ1) is 11.7. The van der Waals surface area contributed by atoms with E-state index in [1.54, 1.807) is 12.3 Å². The van der Waals surface area contributed by atoms with Crippen molar-refractivity contribution in [2.24, 2.45) is 0 Å². The van der Waals surface area contributed by atoms with Gasteiger partial charge in [0, 0.05) is 16.5 Å². The van der Waals surface area contributed by atoms with Crippen molar-refractivity contribution in [3.63, 3.8) is 0 Å². The van der Waals surface area contributed by atoms with Gasteiger partial charge < -0.3 is 5.11 Å². The SMILES string of the molecule is OC(c1ccc2cccnc2c1)c1ccc(Cl)s1. The largest absolute Gasteiger partial charge is 0.383 e. The van der Waals surface area contributed by atoms with Crippen LogP contribution in [0.15, 0.2) is 48.7 Å². The highest BCUT2D eigenvalue weighted by molar-refractivity contribution is 7.16. The van der Waals surface area contributed by atoms with Crippen molar-refractivity contribution in [1.82, 2.24) is 4.98 Å². The molecular formula is C14H10ClNOS. The van der Waals surface area contributed by atoms with Crippen molar-refractivity contribution in [3.8, 4) is 0 Å². The van der Waals surface area contributed by atoms with Crippen molar-refractivity contribution in [2.45, 2.75) is 6.10 Å². The first-order valence-corrected chi connectivity index (χ1v) is 6.71. The summed E-state index contributed by atoms with van der Waals surface area (Å²) in [5, 5.41) is 11.4. The number of hydrogen-bond donors (Lipinski definition) is 1. The Bertz CT molecular complexity index is 695. The van der Waals surface area contributed by atoms with Crippen molar-refractivity contribution >= 4 is 33.8 Å². The van der Waals surface area contributed by atoms with Crippen LogP contribution >= 0.6 is 22.9 Å². The van der Waals surface area contributed by atoms with E-state index in [2.05, 4.69) is 4.98 Å². The lowest BCUT2D eigenvalue weighted by Gasteiger charge is -2.09. The Kier molecular flexibility index (Phi) is 3.04. The molecule has 0 aliphatic rings. The molecule has 90 valence electrons. The molecule has 2 heterocycles. The standard InChI is InChI=1S/C14H10ClNOS/c15-13-6-5-12(18-13)14(17)10-4-3-9-2-1-7-16-11(9)8-10/h1-8,14,17H. The molecule has 0 spiro atoms. The molecule has 0 amide bonds. The maximum absolute atomic E-state index is 10.3. The first-order valence-electron chi connectivity index (χ1n) is 5.52. The minimum atomic E-state index is -0.645. The zero-order chi connectivity index (χ0) is 12.5. The van der Waals surface area contributed by atoms with Crippen LogP contribution < -0.4 is 0 Å². The molecule has 0 saturated carbocycles. The second kappa shape index (κ2) is 4.69. The highest BCUT2D eigenvalue weighted by atomic mass is 35.5. The van der Waals surface area contributed by atoms with Gasteiger partial charge in [-0.1, -0.05) is 29.8 Å². The van der Waals surface area contributed by atoms with Gasteiger partial charge in [-0.3, -0.25) is 4.98 Å². The third-order valence-electron chi connectivity index (χ3n) is 2.81. The number of pyridine rings is 1. The third kappa shape index (κ3) is 2.12. The van der Waals surface area contributed by atoms with Crippen LogP contribution in [-0.4, -0.2) is 10.1 Å². The Morgan fingerprint density at radius 2 is 2.06 bits per heavy atom. The van der Waals surface area contributed by atoms with Gasteiger partial charge in [-0.25, -0.2) is 0 Å². The van der Waals surface area contributed by atoms with Gasteiger partial charge in [0.2, 0.25) is 0 Å². The van der Waals surface area contributed by atoms with E-state index in [1.165, 1.54) is 11.3 Å². The van der Waals surface area contributed by atoms with E-state index in [0.717, 1.165) is 21.3 Å². The number of aliphatic hydroxyl groups excluding tert-OH is 1. The summed E-state index contributed by atoms with van der Waals surface area (Å²) in [5.74, 6) is 0. The Balaban J connectivity index is 2.03. The van der Waals surface area contributed by atoms with Crippen LogP contribution in [-0.2, 0) is 0 Å². The highest BCUT2D eigenvalue weighted by Gasteiger charge is 2.13. The molecule has 0 aliphatic carbocycles. The summed E-state index contributed by atoms with van der Waals surface area (Å²) in [6.07, 6.45) is 1.11. The number of halogens is 1. The molecule has 0 fully saturated rings. The van der Waals surface area contributed by atoms with Gasteiger partial charge >= 0.3 is 0 Å². The van der Waals surface area contributed by atoms with Gasteiger partial charge in [-0.2, -0.15) is 0 Å². The number of thiophene rings is 1. The van der Waals surface area contributed by atoms with Gasteiger partial charge in [0.1, 0.15) is 6.10 Å². The fraction of sp³-hybridized carbons (Fsp3) is 0.0714. The molecule has 0 aliphatic heterocycles. The summed E-state index contributed by atoms with van der Waals surface area (Å²) in [4.78, 5) is 5.13. The molecule has 2 nitrogen and oxygen atoms in total. The second-order valence-corrected chi connectivity index (χ2v) is 5.75. The van der Waals surface area contributed by atoms with Gasteiger partial charge in [0.25, 0.3) is 0 Å². The fourth-order valence-corrected chi connectivity index (χ4v) is 2.97. The van der Waals surface area contributed by atoms with Crippen LogP contribution in [0.2, 0.25) is 4.34 Å². The summed E-state index contributed by atoms with van der Waals surface area (Å²) in [5.41, 5.74) is 1.72. The van der Waals surface area contributed by atoms with Gasteiger partial charge in [0.15, 0.2) is 0 Å². The average Bonchev–Trinajstić information content (AvgIpc) is 2.84. The zero-order valence-corrected chi connectivity index (χ0v) is 10.9. The number of benzene rings is 1. The minimum Gasteiger partial charge on any atom is -0.383 e. The smallest absolute Gasteiger partial charge is 0.113 e. The van der Waals surface area contributed by atoms with E-state index in [0.29, 0.717) is 4.34 Å². The van der Waals surface area contributed by atoms with Crippen LogP contribution in [0, 0.1) is 0 Å². The Morgan fingerprint density at radius 3 is 2.83 bits per heavy atom. The van der Waals surface area contributed by atoms with Crippen LogP contribution in [0.1, 0.15) is 16.5 Å². The summed E-state index contributed by atoms with van der Waals surface area (Å²) >= 11 is 7.27. The maximum Gasteiger partial charge on any atom is 0.113 e. The molecule has 4 heteroatoms. The third-order valence-corrected chi connectivity index (χ3v) is 4.09. The van der Waals surface area contributed by atoms with E-state index in [4.69, 9.17) is 11.6 Å². The second-order valence-electron chi connectivity index (χ2n) is 4.00. The maximum atomic E-state index is 10.3. The molecule has 0 radical (unpaired) electrons. The minimum absolute atomic E-state index is 0.645. The van der Waals surface area contributed by atoms with Crippen molar-refractivity contribution in [3.05, 3.63) is 63.4 Å². The normalized spacial score (nSPS) is 12.8. The highest BCUT2D eigenvalue weighted by Crippen LogP contribution is 2.31. The number of hydrogen-bond acceptors (Lipinski definition) is 3. The first-order chi connectivity index (χ1) is 8.74. The monoisotopic (exact) mass is 275 g/mol. The summed E-state index contributed by atoms with van der Waals surface area (Å²) in [6, 6.07) is 13.3. The van der Waals surface area contributed by atoms with Crippen LogP contribution in [0.4, 0.5) is 0 Å². The molecule has 2 aromatic heterocycles. The molecule has 1 aromatic carbocycles. The van der Waals surface area contributed by atoms with Crippen molar-refractivity contribution < 1.29 is 5.11 Å². The molecule has 18 heavy (non-hydrogen) atoms. The fourth-order valence-electron chi connectivity index (χ4n) is 1.89. The number of nitrogens with zero attached hydrogens (tertiary/aromatic N) is 1. The zero-order valence-electron chi connectivity index (χ0n) is 9.38. The van der Waals surface area contributed by atoms with Gasteiger partial charge in [-0.05, 0) is 29.8 Å². The van der Waals surface area contributed by atoms with E-state index in [1.807, 2.05) is 36.4 Å². The molecule has 3 rings (SSSR count). The lowest BCUT2D eigenvalue weighted by atomic mass is 10.1. The van der Waals surface area contributed by atoms with Crippen LogP contribution in [0.25, 0.3) is 10.9 Å². The Labute approximate surface area is 113 Å². The predicted octanol–water partition coefficient (Wildman–Crippen LogP) is 4.03. The number of rotatable bonds is 2. The molecule has 1 N–H and O–H groups in total. The Morgan fingerprint density at radius 1 is 1.17 bits per heavy atom. The lowest BCUT2D eigenvalue weighted by Crippen LogP contribution is -1.96. The lowest BCUT2D eigenvalue weighted by molar-refractivity contribution is 0.224. The van der Waals surface area contributed by atoms with Crippen LogP contribution in [0.5, 0.6) is 0 Å². The average molecular weight is 276 g/mol. The number of aromatic nitrogens is 1. The Hall–Kier alpha value is -1.42. The predicted molar refractivity (Wildman–Crippen MR) is 75.1 cm³/mol. The van der Waals surface area contributed by atoms with Gasteiger partial charge in [0.05, 0.1) is 9.85 Å². The van der Waals surface area contributed by atoms with Crippen molar-refractivity contribution in [2.75, 3.05) is 0 Å². The summed E-state index contributed by atoms with van der Waals surface area (Å²) in [7, 11) is 0. The van der Waals surface area contributed by atoms with E-state index in [9.17, 15) is 5.11 Å². The molecule has 3 aromatic rings. The van der Waals surface area contributed by atoms with E-state index in [-0.39, 0.29) is 0 Å². The van der Waals surface area contributed by atoms with Gasteiger partial charge in [-0.15, -0.1) is 11.3 Å². The molecule has 1 atom stereocenters. The quantitative estimate of drug-likeness (QED) is 0.766. The van der Waals surface area contributed by atoms with Crippen LogP contribution in [0.3, 0.4) is 0 Å². The van der Waals surface area contributed by atoms with E-state index >= 15 is 0 Å². The molecule has 0 saturated heterocycles. The molecule has 0 bridgehead atoms. The molecular weight excluding hydrogens is 266 g/mol. The molecule has 1 unspecified atom stereocenters. The topological polar surface area (TPSA) is 33.1 Å².